The third-order valence-corrected chi connectivity index (χ3v) is 12.4. The van der Waals surface area contributed by atoms with Gasteiger partial charge in [0.2, 0.25) is 0 Å². The van der Waals surface area contributed by atoms with Crippen LogP contribution in [0.2, 0.25) is 0 Å². The van der Waals surface area contributed by atoms with E-state index in [4.69, 9.17) is 0 Å². The van der Waals surface area contributed by atoms with E-state index < -0.39 is 0 Å². The van der Waals surface area contributed by atoms with Gasteiger partial charge in [0.1, 0.15) is 12.1 Å². The van der Waals surface area contributed by atoms with Crippen LogP contribution in [0.5, 0.6) is 0 Å². The minimum atomic E-state index is 0.506. The van der Waals surface area contributed by atoms with Crippen LogP contribution in [0.15, 0.2) is 133 Å². The van der Waals surface area contributed by atoms with Crippen molar-refractivity contribution in [3.8, 4) is 23.5 Å². The maximum Gasteiger partial charge on any atom is 0.101 e. The molecule has 4 nitrogen and oxygen atoms in total. The molecule has 11 aromatic rings. The molecule has 0 saturated heterocycles. The molecule has 6 heteroatoms. The fourth-order valence-electron chi connectivity index (χ4n) is 8.07. The summed E-state index contributed by atoms with van der Waals surface area (Å²) >= 11 is 3.56. The number of para-hydroxylation sites is 2. The first-order chi connectivity index (χ1) is 24.7. The third-order valence-electron chi connectivity index (χ3n) is 10.2. The van der Waals surface area contributed by atoms with Crippen LogP contribution in [0.3, 0.4) is 0 Å². The van der Waals surface area contributed by atoms with Crippen molar-refractivity contribution >= 4 is 107 Å². The Labute approximate surface area is 293 Å². The predicted molar refractivity (Wildman–Crippen MR) is 210 cm³/mol. The SMILES string of the molecule is N#Cc1ccc(C#N)c(-n2c3ccccc3c3cc4c(cc32)sc2ccccc24)c1-n1c2ccccc2c2cc3c(cc21)sc1ccccc13. The minimum Gasteiger partial charge on any atom is -0.306 e. The lowest BCUT2D eigenvalue weighted by Crippen LogP contribution is -2.08. The molecule has 0 amide bonds. The summed E-state index contributed by atoms with van der Waals surface area (Å²) < 4.78 is 9.30. The van der Waals surface area contributed by atoms with Crippen molar-refractivity contribution in [2.45, 2.75) is 0 Å². The molecular formula is C44H22N4S2. The summed E-state index contributed by atoms with van der Waals surface area (Å²) in [5.41, 5.74) is 6.42. The molecule has 0 unspecified atom stereocenters. The highest BCUT2D eigenvalue weighted by atomic mass is 32.1. The van der Waals surface area contributed by atoms with Crippen molar-refractivity contribution in [1.29, 1.82) is 10.5 Å². The van der Waals surface area contributed by atoms with E-state index in [-0.39, 0.29) is 0 Å². The van der Waals surface area contributed by atoms with Crippen LogP contribution >= 0.6 is 22.7 Å². The monoisotopic (exact) mass is 670 g/mol. The number of fused-ring (bicyclic) bond motifs is 12. The van der Waals surface area contributed by atoms with Gasteiger partial charge in [0.05, 0.1) is 44.6 Å². The summed E-state index contributed by atoms with van der Waals surface area (Å²) in [5, 5.41) is 31.0. The molecule has 0 bridgehead atoms. The Kier molecular flexibility index (Phi) is 5.52. The van der Waals surface area contributed by atoms with Crippen LogP contribution in [0.4, 0.5) is 0 Å². The predicted octanol–water partition coefficient (Wildman–Crippen LogP) is 12.4. The lowest BCUT2D eigenvalue weighted by Gasteiger charge is -2.19. The van der Waals surface area contributed by atoms with Crippen molar-refractivity contribution < 1.29 is 0 Å². The van der Waals surface area contributed by atoms with Crippen LogP contribution in [0.1, 0.15) is 11.1 Å². The first-order valence-electron chi connectivity index (χ1n) is 16.4. The molecule has 0 N–H and O–H groups in total. The molecule has 7 aromatic carbocycles. The van der Waals surface area contributed by atoms with Gasteiger partial charge in [-0.2, -0.15) is 10.5 Å². The summed E-state index contributed by atoms with van der Waals surface area (Å²) in [4.78, 5) is 0. The minimum absolute atomic E-state index is 0.506. The number of rotatable bonds is 2. The van der Waals surface area contributed by atoms with Gasteiger partial charge in [-0.3, -0.25) is 0 Å². The second-order valence-corrected chi connectivity index (χ2v) is 14.9. The number of aromatic nitrogens is 2. The fourth-order valence-corrected chi connectivity index (χ4v) is 10.3. The molecule has 0 spiro atoms. The highest BCUT2D eigenvalue weighted by Crippen LogP contribution is 2.45. The first-order valence-corrected chi connectivity index (χ1v) is 18.0. The van der Waals surface area contributed by atoms with Crippen LogP contribution in [0, 0.1) is 22.7 Å². The molecule has 0 fully saturated rings. The smallest absolute Gasteiger partial charge is 0.101 e. The number of benzene rings is 7. The summed E-state index contributed by atoms with van der Waals surface area (Å²) in [7, 11) is 0. The molecule has 0 aliphatic heterocycles. The average Bonchev–Trinajstić information content (AvgIpc) is 3.89. The highest BCUT2D eigenvalue weighted by Gasteiger charge is 2.26. The van der Waals surface area contributed by atoms with E-state index in [1.807, 2.05) is 12.1 Å². The number of hydrogen-bond donors (Lipinski definition) is 0. The summed E-state index contributed by atoms with van der Waals surface area (Å²) in [6.45, 7) is 0. The van der Waals surface area contributed by atoms with Crippen LogP contribution in [-0.4, -0.2) is 9.13 Å². The van der Waals surface area contributed by atoms with E-state index in [0.29, 0.717) is 22.5 Å². The molecule has 0 saturated carbocycles. The van der Waals surface area contributed by atoms with Gasteiger partial charge in [-0.05, 0) is 60.7 Å². The van der Waals surface area contributed by atoms with Crippen LogP contribution in [-0.2, 0) is 0 Å². The molecule has 11 rings (SSSR count). The second-order valence-electron chi connectivity index (χ2n) is 12.7. The van der Waals surface area contributed by atoms with Crippen molar-refractivity contribution in [2.75, 3.05) is 0 Å². The van der Waals surface area contributed by atoms with Gasteiger partial charge in [0, 0.05) is 61.9 Å². The highest BCUT2D eigenvalue weighted by molar-refractivity contribution is 7.26. The van der Waals surface area contributed by atoms with Crippen molar-refractivity contribution in [3.63, 3.8) is 0 Å². The third kappa shape index (κ3) is 3.56. The topological polar surface area (TPSA) is 57.4 Å². The van der Waals surface area contributed by atoms with Gasteiger partial charge in [0.15, 0.2) is 0 Å². The fraction of sp³-hybridized carbons (Fsp3) is 0. The van der Waals surface area contributed by atoms with Crippen LogP contribution < -0.4 is 0 Å². The van der Waals surface area contributed by atoms with E-state index >= 15 is 0 Å². The normalized spacial score (nSPS) is 12.0. The lowest BCUT2D eigenvalue weighted by molar-refractivity contribution is 1.08. The molecule has 0 radical (unpaired) electrons. The van der Waals surface area contributed by atoms with E-state index in [0.717, 1.165) is 43.6 Å². The zero-order chi connectivity index (χ0) is 33.1. The lowest BCUT2D eigenvalue weighted by atomic mass is 10.1. The molecule has 50 heavy (non-hydrogen) atoms. The van der Waals surface area contributed by atoms with E-state index in [1.165, 1.54) is 40.3 Å². The Morgan fingerprint density at radius 1 is 0.360 bits per heavy atom. The molecule has 4 heterocycles. The van der Waals surface area contributed by atoms with E-state index in [1.54, 1.807) is 34.8 Å². The molecule has 4 aromatic heterocycles. The van der Waals surface area contributed by atoms with Gasteiger partial charge >= 0.3 is 0 Å². The summed E-state index contributed by atoms with van der Waals surface area (Å²) in [6.07, 6.45) is 0. The first kappa shape index (κ1) is 27.5. The Balaban J connectivity index is 1.34. The van der Waals surface area contributed by atoms with Gasteiger partial charge in [-0.25, -0.2) is 0 Å². The van der Waals surface area contributed by atoms with E-state index in [2.05, 4.69) is 130 Å². The number of nitrogens with zero attached hydrogens (tertiary/aromatic N) is 4. The van der Waals surface area contributed by atoms with Gasteiger partial charge < -0.3 is 9.13 Å². The summed E-state index contributed by atoms with van der Waals surface area (Å²) in [5.74, 6) is 0. The quantitative estimate of drug-likeness (QED) is 0.184. The number of thiophene rings is 2. The number of hydrogen-bond acceptors (Lipinski definition) is 4. The average molecular weight is 671 g/mol. The maximum absolute atomic E-state index is 10.8. The molecule has 0 aliphatic rings. The Morgan fingerprint density at radius 2 is 0.760 bits per heavy atom. The summed E-state index contributed by atoms with van der Waals surface area (Å²) in [6, 6.07) is 51.7. The molecule has 0 atom stereocenters. The van der Waals surface area contributed by atoms with Crippen molar-refractivity contribution in [2.24, 2.45) is 0 Å². The van der Waals surface area contributed by atoms with Gasteiger partial charge in [0.25, 0.3) is 0 Å². The second kappa shape index (κ2) is 10.0. The van der Waals surface area contributed by atoms with E-state index in [9.17, 15) is 10.5 Å². The zero-order valence-electron chi connectivity index (χ0n) is 26.3. The van der Waals surface area contributed by atoms with Crippen molar-refractivity contribution in [1.82, 2.24) is 9.13 Å². The molecule has 0 aliphatic carbocycles. The standard InChI is InChI=1S/C44H22N4S2/c45-23-25-17-18-26(24-46)44(48-36-14-6-2-10-28(36)32-20-34-30-12-4-8-16-40(30)50-42(34)22-38(32)48)43(25)47-35-13-5-1-9-27(35)31-19-33-29-11-3-7-15-39(29)49-41(33)21-37(31)47/h1-22H. The Hall–Kier alpha value is -6.44. The molecule has 230 valence electrons. The Morgan fingerprint density at radius 3 is 1.20 bits per heavy atom. The van der Waals surface area contributed by atoms with Gasteiger partial charge in [-0.15, -0.1) is 22.7 Å². The zero-order valence-corrected chi connectivity index (χ0v) is 27.9. The van der Waals surface area contributed by atoms with Crippen LogP contribution in [0.25, 0.3) is 95.3 Å². The Bertz CT molecular complexity index is 3130. The molecular weight excluding hydrogens is 649 g/mol. The van der Waals surface area contributed by atoms with Crippen molar-refractivity contribution in [3.05, 3.63) is 145 Å². The number of nitriles is 2. The maximum atomic E-state index is 10.8. The largest absolute Gasteiger partial charge is 0.306 e. The van der Waals surface area contributed by atoms with Gasteiger partial charge in [-0.1, -0.05) is 72.8 Å².